The zero-order chi connectivity index (χ0) is 15.8. The van der Waals surface area contributed by atoms with Gasteiger partial charge in [0.25, 0.3) is 0 Å². The minimum Gasteiger partial charge on any atom is -0.361 e. The van der Waals surface area contributed by atoms with Gasteiger partial charge in [-0.05, 0) is 48.5 Å². The molecule has 0 saturated carbocycles. The maximum Gasteiger partial charge on any atom is 0.244 e. The molecule has 0 radical (unpaired) electrons. The smallest absolute Gasteiger partial charge is 0.244 e. The standard InChI is InChI=1S/C18H14BrN3O/c19-14-1-4-17-13(9-14)6-8-22(17)11-18(23)21-15-2-3-16-12(10-15)5-7-20-16/h1-10,20H,11H2,(H,21,23). The van der Waals surface area contributed by atoms with Gasteiger partial charge in [0, 0.05) is 44.4 Å². The molecule has 4 aromatic rings. The summed E-state index contributed by atoms with van der Waals surface area (Å²) in [5.74, 6) is -0.0414. The van der Waals surface area contributed by atoms with Gasteiger partial charge in [-0.2, -0.15) is 0 Å². The Morgan fingerprint density at radius 1 is 1.09 bits per heavy atom. The van der Waals surface area contributed by atoms with Gasteiger partial charge in [-0.1, -0.05) is 15.9 Å². The number of benzene rings is 2. The molecule has 0 aliphatic carbocycles. The summed E-state index contributed by atoms with van der Waals surface area (Å²) in [6.45, 7) is 0.288. The van der Waals surface area contributed by atoms with Gasteiger partial charge in [0.15, 0.2) is 0 Å². The van der Waals surface area contributed by atoms with Crippen molar-refractivity contribution in [2.24, 2.45) is 0 Å². The first-order valence-corrected chi connectivity index (χ1v) is 8.10. The zero-order valence-electron chi connectivity index (χ0n) is 12.2. The van der Waals surface area contributed by atoms with Crippen LogP contribution in [0.5, 0.6) is 0 Å². The molecule has 5 heteroatoms. The third kappa shape index (κ3) is 2.75. The van der Waals surface area contributed by atoms with Crippen molar-refractivity contribution < 1.29 is 4.79 Å². The Morgan fingerprint density at radius 3 is 2.91 bits per heavy atom. The SMILES string of the molecule is O=C(Cn1ccc2cc(Br)ccc21)Nc1ccc2[nH]ccc2c1. The number of carbonyl (C=O) groups is 1. The zero-order valence-corrected chi connectivity index (χ0v) is 13.8. The van der Waals surface area contributed by atoms with E-state index >= 15 is 0 Å². The largest absolute Gasteiger partial charge is 0.361 e. The van der Waals surface area contributed by atoms with E-state index in [1.807, 2.05) is 65.5 Å². The molecule has 4 rings (SSSR count). The third-order valence-electron chi connectivity index (χ3n) is 3.88. The summed E-state index contributed by atoms with van der Waals surface area (Å²) in [4.78, 5) is 15.5. The number of rotatable bonds is 3. The maximum absolute atomic E-state index is 12.3. The summed E-state index contributed by atoms with van der Waals surface area (Å²) < 4.78 is 2.98. The van der Waals surface area contributed by atoms with E-state index in [0.29, 0.717) is 0 Å². The fraction of sp³-hybridized carbons (Fsp3) is 0.0556. The fourth-order valence-electron chi connectivity index (χ4n) is 2.80. The maximum atomic E-state index is 12.3. The second-order valence-electron chi connectivity index (χ2n) is 5.47. The molecule has 23 heavy (non-hydrogen) atoms. The summed E-state index contributed by atoms with van der Waals surface area (Å²) in [7, 11) is 0. The van der Waals surface area contributed by atoms with Crippen molar-refractivity contribution in [2.45, 2.75) is 6.54 Å². The lowest BCUT2D eigenvalue weighted by Crippen LogP contribution is -2.18. The van der Waals surface area contributed by atoms with Gasteiger partial charge >= 0.3 is 0 Å². The average Bonchev–Trinajstić information content (AvgIpc) is 3.13. The van der Waals surface area contributed by atoms with Gasteiger partial charge in [-0.15, -0.1) is 0 Å². The molecule has 0 bridgehead atoms. The topological polar surface area (TPSA) is 49.8 Å². The first-order valence-electron chi connectivity index (χ1n) is 7.30. The number of anilines is 1. The highest BCUT2D eigenvalue weighted by Crippen LogP contribution is 2.21. The highest BCUT2D eigenvalue weighted by atomic mass is 79.9. The molecule has 1 amide bonds. The van der Waals surface area contributed by atoms with Crippen LogP contribution in [0.15, 0.2) is 65.4 Å². The van der Waals surface area contributed by atoms with E-state index in [4.69, 9.17) is 0 Å². The van der Waals surface area contributed by atoms with E-state index < -0.39 is 0 Å². The second-order valence-corrected chi connectivity index (χ2v) is 6.39. The van der Waals surface area contributed by atoms with Gasteiger partial charge in [0.05, 0.1) is 0 Å². The Hall–Kier alpha value is -2.53. The number of hydrogen-bond acceptors (Lipinski definition) is 1. The molecular weight excluding hydrogens is 354 g/mol. The van der Waals surface area contributed by atoms with E-state index in [9.17, 15) is 4.79 Å². The van der Waals surface area contributed by atoms with Crippen molar-refractivity contribution in [3.63, 3.8) is 0 Å². The Bertz CT molecular complexity index is 1020. The Labute approximate surface area is 141 Å². The van der Waals surface area contributed by atoms with Crippen molar-refractivity contribution >= 4 is 49.3 Å². The van der Waals surface area contributed by atoms with E-state index in [0.717, 1.165) is 32.0 Å². The number of H-pyrrole nitrogens is 1. The highest BCUT2D eigenvalue weighted by Gasteiger charge is 2.07. The number of nitrogens with one attached hydrogen (secondary N) is 2. The van der Waals surface area contributed by atoms with Crippen molar-refractivity contribution in [3.8, 4) is 0 Å². The molecule has 0 aliphatic heterocycles. The van der Waals surface area contributed by atoms with Gasteiger partial charge in [-0.25, -0.2) is 0 Å². The number of carbonyl (C=O) groups excluding carboxylic acids is 1. The van der Waals surface area contributed by atoms with Crippen LogP contribution in [0.2, 0.25) is 0 Å². The molecule has 0 atom stereocenters. The third-order valence-corrected chi connectivity index (χ3v) is 4.38. The summed E-state index contributed by atoms with van der Waals surface area (Å²) in [5, 5.41) is 5.15. The molecule has 0 fully saturated rings. The van der Waals surface area contributed by atoms with Gasteiger partial charge < -0.3 is 14.9 Å². The first kappa shape index (κ1) is 14.1. The number of aromatic nitrogens is 2. The minimum absolute atomic E-state index is 0.0414. The highest BCUT2D eigenvalue weighted by molar-refractivity contribution is 9.10. The molecular formula is C18H14BrN3O. The molecule has 4 nitrogen and oxygen atoms in total. The lowest BCUT2D eigenvalue weighted by atomic mass is 10.2. The molecule has 2 N–H and O–H groups in total. The fourth-order valence-corrected chi connectivity index (χ4v) is 3.17. The van der Waals surface area contributed by atoms with Gasteiger partial charge in [0.1, 0.15) is 6.54 Å². The van der Waals surface area contributed by atoms with Crippen molar-refractivity contribution in [2.75, 3.05) is 5.32 Å². The molecule has 114 valence electrons. The lowest BCUT2D eigenvalue weighted by Gasteiger charge is -2.08. The predicted octanol–water partition coefficient (Wildman–Crippen LogP) is 4.52. The summed E-state index contributed by atoms with van der Waals surface area (Å²) in [5.41, 5.74) is 2.91. The Kier molecular flexibility index (Phi) is 3.42. The summed E-state index contributed by atoms with van der Waals surface area (Å²) in [6.07, 6.45) is 3.83. The number of amides is 1. The van der Waals surface area contributed by atoms with E-state index in [2.05, 4.69) is 26.2 Å². The number of aromatic amines is 1. The van der Waals surface area contributed by atoms with Crippen LogP contribution in [0.1, 0.15) is 0 Å². The molecule has 0 spiro atoms. The molecule has 0 saturated heterocycles. The molecule has 2 aromatic carbocycles. The Balaban J connectivity index is 1.54. The van der Waals surface area contributed by atoms with Crippen LogP contribution < -0.4 is 5.32 Å². The first-order chi connectivity index (χ1) is 11.2. The number of fused-ring (bicyclic) bond motifs is 2. The second kappa shape index (κ2) is 5.59. The van der Waals surface area contributed by atoms with Crippen LogP contribution in [-0.4, -0.2) is 15.5 Å². The van der Waals surface area contributed by atoms with Crippen LogP contribution >= 0.6 is 15.9 Å². The predicted molar refractivity (Wildman–Crippen MR) is 96.6 cm³/mol. The number of hydrogen-bond donors (Lipinski definition) is 2. The van der Waals surface area contributed by atoms with E-state index in [1.54, 1.807) is 0 Å². The van der Waals surface area contributed by atoms with Gasteiger partial charge in [-0.3, -0.25) is 4.79 Å². The average molecular weight is 368 g/mol. The summed E-state index contributed by atoms with van der Waals surface area (Å²) in [6, 6.07) is 15.9. The molecule has 0 aliphatic rings. The quantitative estimate of drug-likeness (QED) is 0.549. The van der Waals surface area contributed by atoms with Crippen LogP contribution in [0.25, 0.3) is 21.8 Å². The van der Waals surface area contributed by atoms with Crippen molar-refractivity contribution in [3.05, 3.63) is 65.4 Å². The normalized spacial score (nSPS) is 11.2. The van der Waals surface area contributed by atoms with Crippen LogP contribution in [0.4, 0.5) is 5.69 Å². The molecule has 2 heterocycles. The van der Waals surface area contributed by atoms with Crippen LogP contribution in [-0.2, 0) is 11.3 Å². The number of halogens is 1. The lowest BCUT2D eigenvalue weighted by molar-refractivity contribution is -0.116. The molecule has 2 aromatic heterocycles. The van der Waals surface area contributed by atoms with Crippen LogP contribution in [0.3, 0.4) is 0 Å². The van der Waals surface area contributed by atoms with Crippen molar-refractivity contribution in [1.82, 2.24) is 9.55 Å². The van der Waals surface area contributed by atoms with Crippen molar-refractivity contribution in [1.29, 1.82) is 0 Å². The Morgan fingerprint density at radius 2 is 2.00 bits per heavy atom. The van der Waals surface area contributed by atoms with E-state index in [1.165, 1.54) is 0 Å². The minimum atomic E-state index is -0.0414. The van der Waals surface area contributed by atoms with E-state index in [-0.39, 0.29) is 12.5 Å². The van der Waals surface area contributed by atoms with Gasteiger partial charge in [0.2, 0.25) is 5.91 Å². The molecule has 0 unspecified atom stereocenters. The number of nitrogens with zero attached hydrogens (tertiary/aromatic N) is 1. The monoisotopic (exact) mass is 367 g/mol. The summed E-state index contributed by atoms with van der Waals surface area (Å²) >= 11 is 3.46. The van der Waals surface area contributed by atoms with Crippen LogP contribution in [0, 0.1) is 0 Å².